The molecule has 0 saturated heterocycles. The van der Waals surface area contributed by atoms with Gasteiger partial charge in [0.2, 0.25) is 0 Å². The van der Waals surface area contributed by atoms with Crippen LogP contribution in [0, 0.1) is 5.82 Å². The monoisotopic (exact) mass is 526 g/mol. The summed E-state index contributed by atoms with van der Waals surface area (Å²) in [4.78, 5) is 13.9. The summed E-state index contributed by atoms with van der Waals surface area (Å²) < 4.78 is 128. The van der Waals surface area contributed by atoms with Crippen LogP contribution in [0.25, 0.3) is 10.9 Å². The molecule has 0 spiro atoms. The highest BCUT2D eigenvalue weighted by molar-refractivity contribution is 5.95. The molecule has 1 aromatic heterocycles. The number of benzene rings is 2. The van der Waals surface area contributed by atoms with Crippen molar-refractivity contribution in [3.05, 3.63) is 59.0 Å². The van der Waals surface area contributed by atoms with E-state index in [9.17, 15) is 23.8 Å². The van der Waals surface area contributed by atoms with Crippen LogP contribution in [0.4, 0.5) is 13.2 Å². The lowest BCUT2D eigenvalue weighted by atomic mass is 9.86. The van der Waals surface area contributed by atoms with Crippen LogP contribution in [-0.2, 0) is 28.5 Å². The number of rotatable bonds is 9. The maximum Gasteiger partial charge on any atom is 0.586 e. The van der Waals surface area contributed by atoms with Gasteiger partial charge in [0.25, 0.3) is 0 Å². The lowest BCUT2D eigenvalue weighted by Crippen LogP contribution is -2.26. The Balaban J connectivity index is 1.65. The van der Waals surface area contributed by atoms with Crippen LogP contribution >= 0.6 is 0 Å². The summed E-state index contributed by atoms with van der Waals surface area (Å²) in [5.74, 6) is -3.23. The molecule has 37 heavy (non-hydrogen) atoms. The summed E-state index contributed by atoms with van der Waals surface area (Å²) in [7, 11) is 0. The smallest absolute Gasteiger partial charge is 0.395 e. The highest BCUT2D eigenvalue weighted by Gasteiger charge is 2.52. The van der Waals surface area contributed by atoms with Crippen molar-refractivity contribution in [2.75, 3.05) is 6.61 Å². The number of ether oxygens (including phenoxy) is 2. The highest BCUT2D eigenvalue weighted by Crippen LogP contribution is 2.52. The minimum Gasteiger partial charge on any atom is -0.395 e. The SMILES string of the molecule is [2H]C([2H])([C@@H](O)CO)n1c(C(C)(CC)C([2H])([2H])[2H])cc2cc(CC(=O)C3(c4ccc5c(c4)OC(F)(F)O5)C([2H])([2H])C3([2H])[2H])c(F)cc21. The van der Waals surface area contributed by atoms with Gasteiger partial charge >= 0.3 is 6.29 Å². The van der Waals surface area contributed by atoms with Crippen molar-refractivity contribution >= 4 is 16.7 Å². The summed E-state index contributed by atoms with van der Waals surface area (Å²) in [6.07, 6.45) is -12.8. The Bertz CT molecular complexity index is 1730. The summed E-state index contributed by atoms with van der Waals surface area (Å²) in [5.41, 5.74) is -5.39. The van der Waals surface area contributed by atoms with Crippen molar-refractivity contribution in [3.63, 3.8) is 0 Å². The first-order valence-electron chi connectivity index (χ1n) is 16.0. The van der Waals surface area contributed by atoms with E-state index >= 15 is 4.39 Å². The fraction of sp³-hybridized carbons (Fsp3) is 0.464. The van der Waals surface area contributed by atoms with E-state index in [-0.39, 0.29) is 34.1 Å². The number of halogens is 3. The van der Waals surface area contributed by atoms with Crippen molar-refractivity contribution in [3.8, 4) is 11.5 Å². The van der Waals surface area contributed by atoms with Gasteiger partial charge < -0.3 is 24.3 Å². The van der Waals surface area contributed by atoms with Gasteiger partial charge in [-0.2, -0.15) is 0 Å². The van der Waals surface area contributed by atoms with Crippen LogP contribution < -0.4 is 9.47 Å². The molecule has 0 radical (unpaired) electrons. The van der Waals surface area contributed by atoms with E-state index < -0.39 is 85.5 Å². The molecule has 9 heteroatoms. The topological polar surface area (TPSA) is 80.9 Å². The number of aliphatic hydroxyl groups excluding tert-OH is 2. The largest absolute Gasteiger partial charge is 0.586 e. The molecule has 0 bridgehead atoms. The number of alkyl halides is 2. The predicted octanol–water partition coefficient (Wildman–Crippen LogP) is 4.99. The molecule has 1 aliphatic carbocycles. The molecule has 2 aliphatic rings. The Morgan fingerprint density at radius 2 is 2.00 bits per heavy atom. The molecule has 3 aromatic rings. The average molecular weight is 527 g/mol. The second kappa shape index (κ2) is 8.77. The van der Waals surface area contributed by atoms with Crippen molar-refractivity contribution in [1.82, 2.24) is 4.57 Å². The highest BCUT2D eigenvalue weighted by atomic mass is 19.3. The third-order valence-electron chi connectivity index (χ3n) is 6.67. The van der Waals surface area contributed by atoms with Crippen molar-refractivity contribution in [2.45, 2.75) is 76.0 Å². The first-order chi connectivity index (χ1) is 20.9. The molecule has 6 nitrogen and oxygen atoms in total. The standard InChI is InChI=1S/C28H30F3NO5/c1-4-26(2,3)24-10-17-9-16(20(29)13-21(17)32(24)14-19(34)15-33)11-25(35)27(7-8-27)18-5-6-22-23(12-18)37-28(30,31)36-22/h5-6,9-10,12-13,19,33-34H,4,7-8,11,14-15H2,1-3H3/t19-/m1/s1/i2D3,7D2,8D2,14D2/t19-,26?. The van der Waals surface area contributed by atoms with Crippen molar-refractivity contribution in [1.29, 1.82) is 0 Å². The van der Waals surface area contributed by atoms with Gasteiger partial charge in [0.05, 0.1) is 32.9 Å². The van der Waals surface area contributed by atoms with Gasteiger partial charge in [-0.05, 0) is 60.6 Å². The van der Waals surface area contributed by atoms with E-state index in [0.29, 0.717) is 0 Å². The number of aliphatic hydroxyl groups is 2. The van der Waals surface area contributed by atoms with Crippen LogP contribution in [0.2, 0.25) is 0 Å². The van der Waals surface area contributed by atoms with E-state index in [0.717, 1.165) is 34.9 Å². The summed E-state index contributed by atoms with van der Waals surface area (Å²) in [6.45, 7) is -3.71. The van der Waals surface area contributed by atoms with Crippen molar-refractivity contribution in [2.24, 2.45) is 0 Å². The number of aromatic nitrogens is 1. The molecule has 2 heterocycles. The van der Waals surface area contributed by atoms with Gasteiger partial charge in [0.15, 0.2) is 11.5 Å². The fourth-order valence-corrected chi connectivity index (χ4v) is 4.32. The molecule has 2 aromatic carbocycles. The van der Waals surface area contributed by atoms with Crippen LogP contribution in [0.1, 0.15) is 69.0 Å². The quantitative estimate of drug-likeness (QED) is 0.411. The molecule has 2 N–H and O–H groups in total. The van der Waals surface area contributed by atoms with Gasteiger partial charge in [-0.3, -0.25) is 4.79 Å². The third kappa shape index (κ3) is 4.48. The van der Waals surface area contributed by atoms with Crippen LogP contribution in [0.15, 0.2) is 36.4 Å². The number of carbonyl (C=O) groups is 1. The number of carbonyl (C=O) groups excluding carboxylic acids is 1. The molecule has 5 rings (SSSR count). The normalized spacial score (nSPS) is 26.6. The molecular formula is C28H30F3NO5. The van der Waals surface area contributed by atoms with Crippen LogP contribution in [-0.4, -0.2) is 39.6 Å². The molecule has 2 atom stereocenters. The molecule has 198 valence electrons. The zero-order chi connectivity index (χ0) is 34.6. The van der Waals surface area contributed by atoms with Crippen LogP contribution in [0.3, 0.4) is 0 Å². The number of ketones is 1. The Morgan fingerprint density at radius 1 is 1.27 bits per heavy atom. The number of fused-ring (bicyclic) bond motifs is 2. The fourth-order valence-electron chi connectivity index (χ4n) is 4.32. The first-order valence-corrected chi connectivity index (χ1v) is 11.5. The number of hydrogen-bond donors (Lipinski definition) is 2. The average Bonchev–Trinajstić information content (AvgIpc) is 3.26. The predicted molar refractivity (Wildman–Crippen MR) is 131 cm³/mol. The number of hydrogen-bond acceptors (Lipinski definition) is 5. The summed E-state index contributed by atoms with van der Waals surface area (Å²) in [5, 5.41) is 20.0. The zero-order valence-electron chi connectivity index (χ0n) is 28.9. The maximum atomic E-state index is 15.8. The van der Waals surface area contributed by atoms with E-state index in [1.165, 1.54) is 13.0 Å². The van der Waals surface area contributed by atoms with Crippen LogP contribution in [0.5, 0.6) is 11.5 Å². The lowest BCUT2D eigenvalue weighted by Gasteiger charge is -2.26. The van der Waals surface area contributed by atoms with Gasteiger partial charge in [0, 0.05) is 32.5 Å². The minimum absolute atomic E-state index is 0.0401. The minimum atomic E-state index is -4.04. The first kappa shape index (κ1) is 16.7. The summed E-state index contributed by atoms with van der Waals surface area (Å²) in [6, 6.07) is 6.09. The maximum absolute atomic E-state index is 15.8. The number of nitrogens with zero attached hydrogens (tertiary/aromatic N) is 1. The molecule has 1 fully saturated rings. The lowest BCUT2D eigenvalue weighted by molar-refractivity contribution is -0.286. The molecular weight excluding hydrogens is 487 g/mol. The van der Waals surface area contributed by atoms with Gasteiger partial charge in [-0.1, -0.05) is 26.8 Å². The zero-order valence-corrected chi connectivity index (χ0v) is 19.9. The van der Waals surface area contributed by atoms with Crippen molar-refractivity contribution < 1.29 is 50.0 Å². The van der Waals surface area contributed by atoms with Gasteiger partial charge in [0.1, 0.15) is 11.6 Å². The molecule has 0 amide bonds. The van der Waals surface area contributed by atoms with E-state index in [1.54, 1.807) is 6.92 Å². The molecule has 1 aliphatic heterocycles. The van der Waals surface area contributed by atoms with Gasteiger partial charge in [-0.15, -0.1) is 8.78 Å². The Morgan fingerprint density at radius 3 is 2.65 bits per heavy atom. The Kier molecular flexibility index (Phi) is 3.97. The van der Waals surface area contributed by atoms with Gasteiger partial charge in [-0.25, -0.2) is 4.39 Å². The second-order valence-corrected chi connectivity index (χ2v) is 9.31. The number of Topliss-reactive ketones (excluding diaryl/α,β-unsaturated/α-hetero) is 1. The van der Waals surface area contributed by atoms with E-state index in [4.69, 9.17) is 12.3 Å². The Labute approximate surface area is 225 Å². The van der Waals surface area contributed by atoms with E-state index in [1.807, 2.05) is 0 Å². The van der Waals surface area contributed by atoms with E-state index in [2.05, 4.69) is 9.47 Å². The Hall–Kier alpha value is -3.04. The third-order valence-corrected chi connectivity index (χ3v) is 6.67. The summed E-state index contributed by atoms with van der Waals surface area (Å²) >= 11 is 0. The molecule has 1 unspecified atom stereocenters. The molecule has 1 saturated carbocycles. The second-order valence-electron chi connectivity index (χ2n) is 9.31.